The first-order valence-corrected chi connectivity index (χ1v) is 5.57. The molecule has 0 unspecified atom stereocenters. The quantitative estimate of drug-likeness (QED) is 0.772. The third kappa shape index (κ3) is 2.20. The molecule has 17 heavy (non-hydrogen) atoms. The lowest BCUT2D eigenvalue weighted by Gasteiger charge is -2.08. The van der Waals surface area contributed by atoms with Crippen LogP contribution < -0.4 is 11.1 Å². The number of carbonyl (C=O) groups is 1. The zero-order valence-corrected chi connectivity index (χ0v) is 9.95. The molecule has 88 valence electrons. The van der Waals surface area contributed by atoms with Crippen molar-refractivity contribution in [3.8, 4) is 0 Å². The summed E-state index contributed by atoms with van der Waals surface area (Å²) in [6.07, 6.45) is 0. The molecule has 0 atom stereocenters. The largest absolute Gasteiger partial charge is 0.399 e. The number of fused-ring (bicyclic) bond motifs is 1. The summed E-state index contributed by atoms with van der Waals surface area (Å²) in [4.78, 5) is 16.3. The van der Waals surface area contributed by atoms with Crippen molar-refractivity contribution in [2.45, 2.75) is 13.8 Å². The SMILES string of the molecule is CCNC(=O)c1cc(C)nc2ccc(N)cc12. The third-order valence-electron chi connectivity index (χ3n) is 2.54. The number of nitrogens with one attached hydrogen (secondary N) is 1. The Kier molecular flexibility index (Phi) is 2.95. The summed E-state index contributed by atoms with van der Waals surface area (Å²) in [5.74, 6) is -0.0893. The van der Waals surface area contributed by atoms with Gasteiger partial charge < -0.3 is 11.1 Å². The highest BCUT2D eigenvalue weighted by Crippen LogP contribution is 2.21. The van der Waals surface area contributed by atoms with Gasteiger partial charge in [0.2, 0.25) is 0 Å². The molecule has 4 heteroatoms. The standard InChI is InChI=1S/C13H15N3O/c1-3-15-13(17)11-6-8(2)16-12-5-4-9(14)7-10(11)12/h4-7H,3,14H2,1-2H3,(H,15,17). The van der Waals surface area contributed by atoms with Gasteiger partial charge in [-0.05, 0) is 38.1 Å². The molecule has 0 saturated heterocycles. The highest BCUT2D eigenvalue weighted by atomic mass is 16.1. The lowest BCUT2D eigenvalue weighted by atomic mass is 10.1. The van der Waals surface area contributed by atoms with Crippen molar-refractivity contribution in [2.75, 3.05) is 12.3 Å². The smallest absolute Gasteiger partial charge is 0.252 e. The summed E-state index contributed by atoms with van der Waals surface area (Å²) in [6, 6.07) is 7.19. The zero-order valence-electron chi connectivity index (χ0n) is 9.95. The maximum atomic E-state index is 11.9. The fraction of sp³-hybridized carbons (Fsp3) is 0.231. The van der Waals surface area contributed by atoms with E-state index in [1.807, 2.05) is 19.9 Å². The molecule has 2 aromatic rings. The van der Waals surface area contributed by atoms with E-state index in [4.69, 9.17) is 5.73 Å². The van der Waals surface area contributed by atoms with E-state index in [-0.39, 0.29) is 5.91 Å². The van der Waals surface area contributed by atoms with E-state index >= 15 is 0 Å². The predicted molar refractivity (Wildman–Crippen MR) is 68.9 cm³/mol. The third-order valence-corrected chi connectivity index (χ3v) is 2.54. The van der Waals surface area contributed by atoms with Gasteiger partial charge in [0, 0.05) is 23.3 Å². The lowest BCUT2D eigenvalue weighted by molar-refractivity contribution is 0.0957. The van der Waals surface area contributed by atoms with Gasteiger partial charge in [0.25, 0.3) is 5.91 Å². The monoisotopic (exact) mass is 229 g/mol. The minimum absolute atomic E-state index is 0.0893. The number of hydrogen-bond donors (Lipinski definition) is 2. The minimum atomic E-state index is -0.0893. The molecular weight excluding hydrogens is 214 g/mol. The molecule has 1 aromatic heterocycles. The Bertz CT molecular complexity index is 578. The van der Waals surface area contributed by atoms with E-state index in [1.165, 1.54) is 0 Å². The van der Waals surface area contributed by atoms with Crippen LogP contribution in [0.1, 0.15) is 23.0 Å². The van der Waals surface area contributed by atoms with E-state index in [2.05, 4.69) is 10.3 Å². The van der Waals surface area contributed by atoms with Gasteiger partial charge in [-0.15, -0.1) is 0 Å². The number of benzene rings is 1. The second kappa shape index (κ2) is 4.41. The van der Waals surface area contributed by atoms with Gasteiger partial charge in [0.15, 0.2) is 0 Å². The van der Waals surface area contributed by atoms with E-state index in [0.29, 0.717) is 17.8 Å². The van der Waals surface area contributed by atoms with Gasteiger partial charge in [-0.3, -0.25) is 9.78 Å². The first kappa shape index (κ1) is 11.4. The van der Waals surface area contributed by atoms with Crippen LogP contribution in [0.4, 0.5) is 5.69 Å². The number of anilines is 1. The summed E-state index contributed by atoms with van der Waals surface area (Å²) >= 11 is 0. The van der Waals surface area contributed by atoms with Crippen molar-refractivity contribution in [3.63, 3.8) is 0 Å². The summed E-state index contributed by atoms with van der Waals surface area (Å²) in [6.45, 7) is 4.37. The van der Waals surface area contributed by atoms with Crippen LogP contribution in [0.3, 0.4) is 0 Å². The van der Waals surface area contributed by atoms with Crippen molar-refractivity contribution in [2.24, 2.45) is 0 Å². The van der Waals surface area contributed by atoms with Gasteiger partial charge in [-0.2, -0.15) is 0 Å². The number of amides is 1. The number of pyridine rings is 1. The van der Waals surface area contributed by atoms with Crippen LogP contribution in [-0.2, 0) is 0 Å². The Morgan fingerprint density at radius 3 is 2.88 bits per heavy atom. The molecule has 0 aliphatic carbocycles. The summed E-state index contributed by atoms with van der Waals surface area (Å²) < 4.78 is 0. The Morgan fingerprint density at radius 1 is 1.41 bits per heavy atom. The molecule has 0 saturated carbocycles. The number of rotatable bonds is 2. The molecule has 1 heterocycles. The van der Waals surface area contributed by atoms with Crippen LogP contribution in [0, 0.1) is 6.92 Å². The molecule has 2 rings (SSSR count). The fourth-order valence-corrected chi connectivity index (χ4v) is 1.82. The second-order valence-electron chi connectivity index (χ2n) is 3.95. The molecule has 0 bridgehead atoms. The van der Waals surface area contributed by atoms with Crippen LogP contribution >= 0.6 is 0 Å². The number of carbonyl (C=O) groups excluding carboxylic acids is 1. The molecule has 0 fully saturated rings. The zero-order chi connectivity index (χ0) is 12.4. The van der Waals surface area contributed by atoms with Crippen molar-refractivity contribution in [3.05, 3.63) is 35.5 Å². The number of aromatic nitrogens is 1. The van der Waals surface area contributed by atoms with Gasteiger partial charge >= 0.3 is 0 Å². The molecule has 0 radical (unpaired) electrons. The first-order valence-electron chi connectivity index (χ1n) is 5.57. The average molecular weight is 229 g/mol. The maximum absolute atomic E-state index is 11.9. The Hall–Kier alpha value is -2.10. The number of aryl methyl sites for hydroxylation is 1. The number of nitrogen functional groups attached to an aromatic ring is 1. The molecular formula is C13H15N3O. The number of nitrogens with zero attached hydrogens (tertiary/aromatic N) is 1. The average Bonchev–Trinajstić information content (AvgIpc) is 2.29. The van der Waals surface area contributed by atoms with Crippen molar-refractivity contribution < 1.29 is 4.79 Å². The van der Waals surface area contributed by atoms with Crippen molar-refractivity contribution in [1.82, 2.24) is 10.3 Å². The van der Waals surface area contributed by atoms with Gasteiger partial charge in [0.05, 0.1) is 11.1 Å². The number of nitrogens with two attached hydrogens (primary N) is 1. The molecule has 0 aliphatic heterocycles. The topological polar surface area (TPSA) is 68.0 Å². The van der Waals surface area contributed by atoms with Gasteiger partial charge in [0.1, 0.15) is 0 Å². The maximum Gasteiger partial charge on any atom is 0.252 e. The van der Waals surface area contributed by atoms with Gasteiger partial charge in [-0.25, -0.2) is 0 Å². The van der Waals surface area contributed by atoms with Crippen LogP contribution in [0.15, 0.2) is 24.3 Å². The highest BCUT2D eigenvalue weighted by molar-refractivity contribution is 6.06. The molecule has 0 spiro atoms. The summed E-state index contributed by atoms with van der Waals surface area (Å²) in [7, 11) is 0. The van der Waals surface area contributed by atoms with Crippen LogP contribution in [0.25, 0.3) is 10.9 Å². The lowest BCUT2D eigenvalue weighted by Crippen LogP contribution is -2.23. The fourth-order valence-electron chi connectivity index (χ4n) is 1.82. The molecule has 1 aromatic carbocycles. The van der Waals surface area contributed by atoms with Crippen molar-refractivity contribution >= 4 is 22.5 Å². The summed E-state index contributed by atoms with van der Waals surface area (Å²) in [5.41, 5.74) is 8.62. The molecule has 0 aliphatic rings. The van der Waals surface area contributed by atoms with Crippen LogP contribution in [0.5, 0.6) is 0 Å². The van der Waals surface area contributed by atoms with E-state index < -0.39 is 0 Å². The first-order chi connectivity index (χ1) is 8.11. The summed E-state index contributed by atoms with van der Waals surface area (Å²) in [5, 5.41) is 3.59. The minimum Gasteiger partial charge on any atom is -0.399 e. The highest BCUT2D eigenvalue weighted by Gasteiger charge is 2.11. The Labute approximate surface area is 99.8 Å². The van der Waals surface area contributed by atoms with E-state index in [0.717, 1.165) is 16.6 Å². The van der Waals surface area contributed by atoms with Crippen molar-refractivity contribution in [1.29, 1.82) is 0 Å². The normalized spacial score (nSPS) is 10.5. The Balaban J connectivity index is 2.67. The number of hydrogen-bond acceptors (Lipinski definition) is 3. The molecule has 3 N–H and O–H groups in total. The second-order valence-corrected chi connectivity index (χ2v) is 3.95. The van der Waals surface area contributed by atoms with E-state index in [1.54, 1.807) is 18.2 Å². The Morgan fingerprint density at radius 2 is 2.18 bits per heavy atom. The van der Waals surface area contributed by atoms with Gasteiger partial charge in [-0.1, -0.05) is 0 Å². The predicted octanol–water partition coefficient (Wildman–Crippen LogP) is 1.88. The van der Waals surface area contributed by atoms with Crippen LogP contribution in [-0.4, -0.2) is 17.4 Å². The molecule has 1 amide bonds. The van der Waals surface area contributed by atoms with E-state index in [9.17, 15) is 4.79 Å². The molecule has 4 nitrogen and oxygen atoms in total. The van der Waals surface area contributed by atoms with Crippen LogP contribution in [0.2, 0.25) is 0 Å².